The van der Waals surface area contributed by atoms with E-state index in [0.29, 0.717) is 6.61 Å². The minimum absolute atomic E-state index is 0.242. The molecule has 0 saturated carbocycles. The average Bonchev–Trinajstić information content (AvgIpc) is 3.14. The van der Waals surface area contributed by atoms with Gasteiger partial charge in [-0.1, -0.05) is 65.8 Å². The summed E-state index contributed by atoms with van der Waals surface area (Å²) in [6.07, 6.45) is 4.04. The second-order valence-corrected chi connectivity index (χ2v) is 6.92. The van der Waals surface area contributed by atoms with Crippen molar-refractivity contribution in [1.29, 1.82) is 0 Å². The van der Waals surface area contributed by atoms with Crippen molar-refractivity contribution in [3.05, 3.63) is 106 Å². The molecule has 0 radical (unpaired) electrons. The molecule has 0 aliphatic rings. The maximum Gasteiger partial charge on any atom is 0.128 e. The van der Waals surface area contributed by atoms with Crippen LogP contribution in [0.3, 0.4) is 0 Å². The molecule has 0 unspecified atom stereocenters. The highest BCUT2D eigenvalue weighted by molar-refractivity contribution is 5.91. The van der Waals surface area contributed by atoms with Crippen LogP contribution in [0.15, 0.2) is 77.9 Å². The van der Waals surface area contributed by atoms with Gasteiger partial charge in [-0.15, -0.1) is 0 Å². The first kappa shape index (κ1) is 19.3. The first-order chi connectivity index (χ1) is 14.7. The van der Waals surface area contributed by atoms with Crippen LogP contribution in [-0.2, 0) is 20.2 Å². The molecule has 0 saturated heterocycles. The van der Waals surface area contributed by atoms with E-state index in [1.54, 1.807) is 4.68 Å². The minimum atomic E-state index is 0.242. The van der Waals surface area contributed by atoms with Crippen molar-refractivity contribution in [1.82, 2.24) is 9.78 Å². The summed E-state index contributed by atoms with van der Waals surface area (Å²) in [5.41, 5.74) is 12.3. The van der Waals surface area contributed by atoms with Gasteiger partial charge in [-0.05, 0) is 46.3 Å². The average molecular weight is 395 g/mol. The molecule has 0 atom stereocenters. The molecule has 0 bridgehead atoms. The van der Waals surface area contributed by atoms with Crippen LogP contribution in [-0.4, -0.2) is 9.78 Å². The lowest BCUT2D eigenvalue weighted by atomic mass is 10.1. The molecule has 1 heterocycles. The molecular formula is C24H21N5O. The fraction of sp³-hybridized carbons (Fsp3) is 0.125. The number of fused-ring (bicyclic) bond motifs is 1. The molecule has 6 nitrogen and oxygen atoms in total. The summed E-state index contributed by atoms with van der Waals surface area (Å²) in [5.74, 6) is 0.852. The van der Waals surface area contributed by atoms with Crippen molar-refractivity contribution in [2.45, 2.75) is 13.2 Å². The van der Waals surface area contributed by atoms with Crippen molar-refractivity contribution >= 4 is 22.9 Å². The normalized spacial score (nSPS) is 11.0. The van der Waals surface area contributed by atoms with E-state index < -0.39 is 0 Å². The Bertz CT molecular complexity index is 1240. The number of ether oxygens (including phenoxy) is 1. The number of aryl methyl sites for hydroxylation is 1. The number of aromatic nitrogens is 2. The van der Waals surface area contributed by atoms with Crippen molar-refractivity contribution in [3.63, 3.8) is 0 Å². The van der Waals surface area contributed by atoms with E-state index in [9.17, 15) is 0 Å². The maximum atomic E-state index is 8.48. The van der Waals surface area contributed by atoms with Crippen molar-refractivity contribution in [2.75, 3.05) is 0 Å². The number of azide groups is 1. The zero-order valence-electron chi connectivity index (χ0n) is 16.6. The van der Waals surface area contributed by atoms with Crippen LogP contribution in [0.4, 0.5) is 0 Å². The van der Waals surface area contributed by atoms with Crippen molar-refractivity contribution in [2.24, 2.45) is 12.2 Å². The second kappa shape index (κ2) is 8.99. The summed E-state index contributed by atoms with van der Waals surface area (Å²) in [6.45, 7) is 0.758. The fourth-order valence-corrected chi connectivity index (χ4v) is 3.31. The van der Waals surface area contributed by atoms with E-state index in [0.717, 1.165) is 39.0 Å². The molecule has 0 spiro atoms. The Morgan fingerprint density at radius 1 is 1.03 bits per heavy atom. The van der Waals surface area contributed by atoms with Gasteiger partial charge in [-0.2, -0.15) is 5.10 Å². The lowest BCUT2D eigenvalue weighted by Crippen LogP contribution is -1.96. The minimum Gasteiger partial charge on any atom is -0.488 e. The number of benzene rings is 3. The van der Waals surface area contributed by atoms with E-state index in [1.165, 1.54) is 0 Å². The summed E-state index contributed by atoms with van der Waals surface area (Å²) < 4.78 is 7.94. The third kappa shape index (κ3) is 4.51. The van der Waals surface area contributed by atoms with Gasteiger partial charge in [0.05, 0.1) is 17.9 Å². The first-order valence-electron chi connectivity index (χ1n) is 9.64. The molecule has 30 heavy (non-hydrogen) atoms. The summed E-state index contributed by atoms with van der Waals surface area (Å²) in [7, 11) is 1.87. The third-order valence-corrected chi connectivity index (χ3v) is 4.79. The monoisotopic (exact) mass is 395 g/mol. The fourth-order valence-electron chi connectivity index (χ4n) is 3.31. The van der Waals surface area contributed by atoms with Gasteiger partial charge in [0.2, 0.25) is 0 Å². The van der Waals surface area contributed by atoms with E-state index in [1.807, 2.05) is 55.6 Å². The van der Waals surface area contributed by atoms with E-state index in [2.05, 4.69) is 51.5 Å². The highest BCUT2D eigenvalue weighted by atomic mass is 16.5. The number of hydrogen-bond acceptors (Lipinski definition) is 3. The quantitative estimate of drug-likeness (QED) is 0.214. The molecule has 0 N–H and O–H groups in total. The van der Waals surface area contributed by atoms with E-state index >= 15 is 0 Å². The Labute approximate surface area is 174 Å². The third-order valence-electron chi connectivity index (χ3n) is 4.79. The van der Waals surface area contributed by atoms with Gasteiger partial charge in [-0.25, -0.2) is 0 Å². The molecule has 4 aromatic rings. The second-order valence-electron chi connectivity index (χ2n) is 6.92. The molecular weight excluding hydrogens is 374 g/mol. The van der Waals surface area contributed by atoms with Crippen molar-refractivity contribution < 1.29 is 4.74 Å². The molecule has 0 aliphatic heterocycles. The topological polar surface area (TPSA) is 75.8 Å². The zero-order chi connectivity index (χ0) is 20.8. The summed E-state index contributed by atoms with van der Waals surface area (Å²) >= 11 is 0. The molecule has 6 heteroatoms. The van der Waals surface area contributed by atoms with Gasteiger partial charge in [0, 0.05) is 17.3 Å². The molecule has 148 valence electrons. The van der Waals surface area contributed by atoms with E-state index in [4.69, 9.17) is 10.3 Å². The summed E-state index contributed by atoms with van der Waals surface area (Å²) in [5, 5.41) is 10.1. The molecule has 4 rings (SSSR count). The zero-order valence-corrected chi connectivity index (χ0v) is 16.6. The van der Waals surface area contributed by atoms with Gasteiger partial charge >= 0.3 is 0 Å². The Morgan fingerprint density at radius 3 is 2.67 bits per heavy atom. The molecule has 3 aromatic carbocycles. The first-order valence-corrected chi connectivity index (χ1v) is 9.64. The highest BCUT2D eigenvalue weighted by Crippen LogP contribution is 2.29. The van der Waals surface area contributed by atoms with Crippen molar-refractivity contribution in [3.8, 4) is 5.75 Å². The van der Waals surface area contributed by atoms with Crippen LogP contribution in [0.1, 0.15) is 22.5 Å². The lowest BCUT2D eigenvalue weighted by molar-refractivity contribution is 0.310. The van der Waals surface area contributed by atoms with Crippen LogP contribution < -0.4 is 4.74 Å². The van der Waals surface area contributed by atoms with Crippen LogP contribution in [0.5, 0.6) is 5.75 Å². The van der Waals surface area contributed by atoms with Gasteiger partial charge < -0.3 is 4.74 Å². The largest absolute Gasteiger partial charge is 0.488 e. The van der Waals surface area contributed by atoms with Gasteiger partial charge in [0.1, 0.15) is 12.4 Å². The standard InChI is InChI=1S/C24H21N5O/c1-29-22(15-21(27-29)16-26-28-25)12-11-19-13-20-9-5-6-10-23(20)24(14-19)30-17-18-7-3-2-4-8-18/h2-15H,16-17H2,1H3. The summed E-state index contributed by atoms with van der Waals surface area (Å²) in [4.78, 5) is 2.79. The Kier molecular flexibility index (Phi) is 5.78. The molecule has 0 aliphatic carbocycles. The maximum absolute atomic E-state index is 8.48. The van der Waals surface area contributed by atoms with Crippen LogP contribution in [0, 0.1) is 0 Å². The Morgan fingerprint density at radius 2 is 1.83 bits per heavy atom. The van der Waals surface area contributed by atoms with E-state index in [-0.39, 0.29) is 6.54 Å². The number of nitrogens with zero attached hydrogens (tertiary/aromatic N) is 5. The molecule has 0 amide bonds. The summed E-state index contributed by atoms with van der Waals surface area (Å²) in [6, 6.07) is 24.5. The SMILES string of the molecule is Cn1nc(CN=[N+]=[N-])cc1C=Cc1cc(OCc2ccccc2)c2ccccc2c1. The predicted octanol–water partition coefficient (Wildman–Crippen LogP) is 6.13. The molecule has 1 aromatic heterocycles. The van der Waals surface area contributed by atoms with Gasteiger partial charge in [0.15, 0.2) is 0 Å². The van der Waals surface area contributed by atoms with Crippen LogP contribution in [0.2, 0.25) is 0 Å². The molecule has 0 fully saturated rings. The highest BCUT2D eigenvalue weighted by Gasteiger charge is 2.06. The van der Waals surface area contributed by atoms with Crippen LogP contribution in [0.25, 0.3) is 33.4 Å². The van der Waals surface area contributed by atoms with Gasteiger partial charge in [0.25, 0.3) is 0 Å². The number of hydrogen-bond donors (Lipinski definition) is 0. The van der Waals surface area contributed by atoms with Gasteiger partial charge in [-0.3, -0.25) is 4.68 Å². The predicted molar refractivity (Wildman–Crippen MR) is 120 cm³/mol. The smallest absolute Gasteiger partial charge is 0.128 e. The lowest BCUT2D eigenvalue weighted by Gasteiger charge is -2.11. The number of rotatable bonds is 7. The van der Waals surface area contributed by atoms with Crippen LogP contribution >= 0.6 is 0 Å². The Hall–Kier alpha value is -4.02. The Balaban J connectivity index is 1.62.